The number of nitrogens with zero attached hydrogens (tertiary/aromatic N) is 3. The summed E-state index contributed by atoms with van der Waals surface area (Å²) in [6.45, 7) is 0. The molecular formula is C37H22ClN3O. The second-order valence-corrected chi connectivity index (χ2v) is 10.6. The van der Waals surface area contributed by atoms with E-state index < -0.39 is 0 Å². The van der Waals surface area contributed by atoms with Crippen molar-refractivity contribution in [1.82, 2.24) is 15.0 Å². The van der Waals surface area contributed by atoms with Crippen LogP contribution >= 0.6 is 11.6 Å². The fourth-order valence-corrected chi connectivity index (χ4v) is 5.85. The molecule has 0 saturated carbocycles. The van der Waals surface area contributed by atoms with Crippen molar-refractivity contribution < 1.29 is 4.42 Å². The van der Waals surface area contributed by atoms with E-state index in [0.29, 0.717) is 17.2 Å². The van der Waals surface area contributed by atoms with Gasteiger partial charge in [-0.1, -0.05) is 103 Å². The van der Waals surface area contributed by atoms with Gasteiger partial charge in [0.2, 0.25) is 5.28 Å². The number of para-hydroxylation sites is 1. The Morgan fingerprint density at radius 2 is 1.10 bits per heavy atom. The van der Waals surface area contributed by atoms with Crippen molar-refractivity contribution in [3.8, 4) is 45.0 Å². The molecular weight excluding hydrogens is 538 g/mol. The molecule has 0 aliphatic rings. The molecule has 0 aliphatic heterocycles. The third-order valence-corrected chi connectivity index (χ3v) is 7.81. The minimum atomic E-state index is 0.124. The Bertz CT molecular complexity index is 2260. The maximum atomic E-state index is 6.62. The van der Waals surface area contributed by atoms with Crippen molar-refractivity contribution in [3.63, 3.8) is 0 Å². The first-order valence-corrected chi connectivity index (χ1v) is 14.1. The smallest absolute Gasteiger partial charge is 0.226 e. The summed E-state index contributed by atoms with van der Waals surface area (Å²) in [5, 5.41) is 4.41. The number of aromatic nitrogens is 3. The van der Waals surface area contributed by atoms with Gasteiger partial charge >= 0.3 is 0 Å². The van der Waals surface area contributed by atoms with Gasteiger partial charge in [-0.25, -0.2) is 4.98 Å². The minimum absolute atomic E-state index is 0.124. The van der Waals surface area contributed by atoms with Crippen molar-refractivity contribution in [3.05, 3.63) is 139 Å². The van der Waals surface area contributed by atoms with Gasteiger partial charge in [-0.3, -0.25) is 0 Å². The summed E-state index contributed by atoms with van der Waals surface area (Å²) >= 11 is 6.62. The van der Waals surface area contributed by atoms with Gasteiger partial charge in [-0.2, -0.15) is 9.97 Å². The number of benzene rings is 6. The Balaban J connectivity index is 1.37. The van der Waals surface area contributed by atoms with Crippen LogP contribution in [-0.2, 0) is 0 Å². The van der Waals surface area contributed by atoms with E-state index in [1.807, 2.05) is 60.7 Å². The van der Waals surface area contributed by atoms with Gasteiger partial charge in [-0.15, -0.1) is 0 Å². The zero-order chi connectivity index (χ0) is 28.0. The number of fused-ring (bicyclic) bond motifs is 4. The molecule has 0 aliphatic carbocycles. The van der Waals surface area contributed by atoms with Gasteiger partial charge in [0, 0.05) is 16.3 Å². The van der Waals surface area contributed by atoms with Crippen molar-refractivity contribution in [2.75, 3.05) is 0 Å². The van der Waals surface area contributed by atoms with Gasteiger partial charge in [0.15, 0.2) is 11.6 Å². The number of rotatable bonds is 4. The summed E-state index contributed by atoms with van der Waals surface area (Å²) < 4.78 is 6.41. The molecule has 0 radical (unpaired) electrons. The van der Waals surface area contributed by atoms with E-state index in [1.165, 1.54) is 0 Å². The number of hydrogen-bond acceptors (Lipinski definition) is 4. The molecule has 42 heavy (non-hydrogen) atoms. The lowest BCUT2D eigenvalue weighted by atomic mass is 9.95. The fraction of sp³-hybridized carbons (Fsp3) is 0. The van der Waals surface area contributed by atoms with Crippen LogP contribution in [0.1, 0.15) is 0 Å². The molecule has 0 bridgehead atoms. The van der Waals surface area contributed by atoms with Crippen molar-refractivity contribution in [2.24, 2.45) is 0 Å². The summed E-state index contributed by atoms with van der Waals surface area (Å²) in [6, 6.07) is 45.5. The van der Waals surface area contributed by atoms with Gasteiger partial charge < -0.3 is 4.42 Å². The fourth-order valence-electron chi connectivity index (χ4n) is 5.69. The minimum Gasteiger partial charge on any atom is -0.455 e. The Labute approximate surface area is 246 Å². The maximum absolute atomic E-state index is 6.62. The van der Waals surface area contributed by atoms with Crippen LogP contribution < -0.4 is 0 Å². The first kappa shape index (κ1) is 24.5. The zero-order valence-corrected chi connectivity index (χ0v) is 23.1. The monoisotopic (exact) mass is 559 g/mol. The van der Waals surface area contributed by atoms with Crippen molar-refractivity contribution in [1.29, 1.82) is 0 Å². The average molecular weight is 560 g/mol. The predicted octanol–water partition coefficient (Wildman–Crippen LogP) is 10.2. The molecule has 6 aromatic carbocycles. The summed E-state index contributed by atoms with van der Waals surface area (Å²) in [5.41, 5.74) is 7.50. The van der Waals surface area contributed by atoms with Gasteiger partial charge in [0.1, 0.15) is 11.2 Å². The summed E-state index contributed by atoms with van der Waals surface area (Å²) in [5.74, 6) is 0.962. The van der Waals surface area contributed by atoms with Crippen molar-refractivity contribution >= 4 is 44.3 Å². The molecule has 2 heterocycles. The Kier molecular flexibility index (Phi) is 5.80. The first-order valence-electron chi connectivity index (χ1n) is 13.7. The molecule has 8 aromatic rings. The summed E-state index contributed by atoms with van der Waals surface area (Å²) in [4.78, 5) is 14.2. The van der Waals surface area contributed by atoms with Crippen LogP contribution in [-0.4, -0.2) is 15.0 Å². The maximum Gasteiger partial charge on any atom is 0.226 e. The molecule has 0 N–H and O–H groups in total. The van der Waals surface area contributed by atoms with E-state index in [0.717, 1.165) is 60.5 Å². The van der Waals surface area contributed by atoms with E-state index in [1.54, 1.807) is 0 Å². The zero-order valence-electron chi connectivity index (χ0n) is 22.3. The second kappa shape index (κ2) is 9.95. The lowest BCUT2D eigenvalue weighted by molar-refractivity contribution is 0.669. The SMILES string of the molecule is Clc1nc(-c2cc(-c3ccccc3)c3ccccc3c2)nc(-c2cc(-c3ccccc3)cc3c2oc2ccccc23)n1. The molecule has 198 valence electrons. The van der Waals surface area contributed by atoms with Crippen LogP contribution in [0.2, 0.25) is 5.28 Å². The lowest BCUT2D eigenvalue weighted by Gasteiger charge is -2.12. The third kappa shape index (κ3) is 4.21. The second-order valence-electron chi connectivity index (χ2n) is 10.2. The number of hydrogen-bond donors (Lipinski definition) is 0. The molecule has 0 atom stereocenters. The molecule has 8 rings (SSSR count). The number of furan rings is 1. The quantitative estimate of drug-likeness (QED) is 0.215. The third-order valence-electron chi connectivity index (χ3n) is 7.64. The topological polar surface area (TPSA) is 51.8 Å². The van der Waals surface area contributed by atoms with Crippen LogP contribution in [0.5, 0.6) is 0 Å². The highest BCUT2D eigenvalue weighted by atomic mass is 35.5. The van der Waals surface area contributed by atoms with Crippen LogP contribution in [0.4, 0.5) is 0 Å². The highest BCUT2D eigenvalue weighted by Crippen LogP contribution is 2.39. The average Bonchev–Trinajstić information content (AvgIpc) is 3.43. The van der Waals surface area contributed by atoms with Crippen LogP contribution in [0.15, 0.2) is 138 Å². The number of halogens is 1. The predicted molar refractivity (Wildman–Crippen MR) is 171 cm³/mol. The lowest BCUT2D eigenvalue weighted by Crippen LogP contribution is -1.98. The molecule has 0 fully saturated rings. The Morgan fingerprint density at radius 1 is 0.452 bits per heavy atom. The van der Waals surface area contributed by atoms with Gasteiger partial charge in [0.25, 0.3) is 0 Å². The van der Waals surface area contributed by atoms with E-state index in [4.69, 9.17) is 21.0 Å². The van der Waals surface area contributed by atoms with E-state index in [9.17, 15) is 0 Å². The van der Waals surface area contributed by atoms with E-state index in [-0.39, 0.29) is 5.28 Å². The van der Waals surface area contributed by atoms with E-state index in [2.05, 4.69) is 82.8 Å². The van der Waals surface area contributed by atoms with Gasteiger partial charge in [-0.05, 0) is 75.0 Å². The molecule has 0 spiro atoms. The highest BCUT2D eigenvalue weighted by Gasteiger charge is 2.19. The normalized spacial score (nSPS) is 11.5. The van der Waals surface area contributed by atoms with Crippen molar-refractivity contribution in [2.45, 2.75) is 0 Å². The molecule has 0 amide bonds. The Morgan fingerprint density at radius 3 is 1.90 bits per heavy atom. The molecule has 2 aromatic heterocycles. The van der Waals surface area contributed by atoms with Gasteiger partial charge in [0.05, 0.1) is 5.56 Å². The molecule has 4 nitrogen and oxygen atoms in total. The molecule has 0 unspecified atom stereocenters. The van der Waals surface area contributed by atoms with Crippen LogP contribution in [0.3, 0.4) is 0 Å². The largest absolute Gasteiger partial charge is 0.455 e. The molecule has 0 saturated heterocycles. The van der Waals surface area contributed by atoms with Crippen LogP contribution in [0, 0.1) is 0 Å². The van der Waals surface area contributed by atoms with Crippen LogP contribution in [0.25, 0.3) is 77.7 Å². The Hall–Kier alpha value is -5.32. The van der Waals surface area contributed by atoms with E-state index >= 15 is 0 Å². The summed E-state index contributed by atoms with van der Waals surface area (Å²) in [7, 11) is 0. The standard InChI is InChI=1S/C37H22ClN3O/c38-37-40-35(27-19-25-15-7-8-16-28(25)30(22-27)24-13-5-2-6-14-24)39-36(41-37)32-21-26(23-11-3-1-4-12-23)20-31-29-17-9-10-18-33(29)42-34(31)32/h1-22H. The molecule has 5 heteroatoms. The summed E-state index contributed by atoms with van der Waals surface area (Å²) in [6.07, 6.45) is 0. The highest BCUT2D eigenvalue weighted by molar-refractivity contribution is 6.28. The first-order chi connectivity index (χ1) is 20.7.